The predicted octanol–water partition coefficient (Wildman–Crippen LogP) is 10.9. The number of hydrogen-bond acceptors (Lipinski definition) is 2. The zero-order valence-electron chi connectivity index (χ0n) is 24.4. The lowest BCUT2D eigenvalue weighted by atomic mass is 9.92. The van der Waals surface area contributed by atoms with E-state index in [4.69, 9.17) is 9.97 Å². The van der Waals surface area contributed by atoms with Gasteiger partial charge < -0.3 is 0 Å². The molecule has 0 saturated heterocycles. The number of benzene rings is 7. The summed E-state index contributed by atoms with van der Waals surface area (Å²) < 4.78 is 2.34. The van der Waals surface area contributed by atoms with Gasteiger partial charge in [0.1, 0.15) is 5.82 Å². The van der Waals surface area contributed by atoms with Gasteiger partial charge >= 0.3 is 0 Å². The molecular weight excluding hydrogens is 546 g/mol. The van der Waals surface area contributed by atoms with Crippen molar-refractivity contribution in [3.63, 3.8) is 0 Å². The van der Waals surface area contributed by atoms with Crippen LogP contribution in [-0.4, -0.2) is 14.5 Å². The van der Waals surface area contributed by atoms with Crippen molar-refractivity contribution in [1.29, 1.82) is 0 Å². The van der Waals surface area contributed by atoms with Gasteiger partial charge in [-0.15, -0.1) is 0 Å². The van der Waals surface area contributed by atoms with Crippen LogP contribution in [0.5, 0.6) is 0 Å². The normalized spacial score (nSPS) is 11.6. The minimum absolute atomic E-state index is 0.700. The van der Waals surface area contributed by atoms with Crippen LogP contribution in [0, 0.1) is 0 Å². The molecule has 9 rings (SSSR count). The van der Waals surface area contributed by atoms with E-state index >= 15 is 0 Å². The van der Waals surface area contributed by atoms with Crippen molar-refractivity contribution in [3.8, 4) is 39.6 Å². The van der Waals surface area contributed by atoms with Gasteiger partial charge in [0.2, 0.25) is 0 Å². The van der Waals surface area contributed by atoms with Crippen LogP contribution in [0.25, 0.3) is 82.9 Å². The Labute approximate surface area is 260 Å². The second-order valence-corrected chi connectivity index (χ2v) is 11.4. The number of fused-ring (bicyclic) bond motifs is 6. The van der Waals surface area contributed by atoms with E-state index in [1.165, 1.54) is 43.4 Å². The molecule has 7 aromatic carbocycles. The first-order valence-corrected chi connectivity index (χ1v) is 15.3. The van der Waals surface area contributed by atoms with Crippen LogP contribution < -0.4 is 0 Å². The third kappa shape index (κ3) is 4.13. The maximum Gasteiger partial charge on any atom is 0.162 e. The molecule has 210 valence electrons. The molecule has 45 heavy (non-hydrogen) atoms. The van der Waals surface area contributed by atoms with Crippen LogP contribution in [0.3, 0.4) is 0 Å². The summed E-state index contributed by atoms with van der Waals surface area (Å²) in [6, 6.07) is 57.8. The van der Waals surface area contributed by atoms with E-state index < -0.39 is 0 Å². The number of para-hydroxylation sites is 2. The minimum Gasteiger partial charge on any atom is -0.293 e. The third-order valence-corrected chi connectivity index (χ3v) is 8.80. The Hall–Kier alpha value is -6.06. The maximum absolute atomic E-state index is 5.27. The van der Waals surface area contributed by atoms with Gasteiger partial charge in [0.25, 0.3) is 0 Å². The highest BCUT2D eigenvalue weighted by Gasteiger charge is 2.20. The van der Waals surface area contributed by atoms with Crippen molar-refractivity contribution in [2.45, 2.75) is 0 Å². The summed E-state index contributed by atoms with van der Waals surface area (Å²) in [6.45, 7) is 0. The third-order valence-electron chi connectivity index (χ3n) is 8.80. The largest absolute Gasteiger partial charge is 0.293 e. The zero-order chi connectivity index (χ0) is 29.7. The fourth-order valence-electron chi connectivity index (χ4n) is 6.77. The van der Waals surface area contributed by atoms with E-state index in [0.29, 0.717) is 5.82 Å². The Kier molecular flexibility index (Phi) is 5.82. The van der Waals surface area contributed by atoms with Crippen LogP contribution in [0.4, 0.5) is 0 Å². The van der Waals surface area contributed by atoms with E-state index in [1.807, 2.05) is 24.3 Å². The lowest BCUT2D eigenvalue weighted by Gasteiger charge is -2.16. The first-order chi connectivity index (χ1) is 22.3. The van der Waals surface area contributed by atoms with E-state index in [2.05, 4.69) is 144 Å². The number of rotatable bonds is 4. The molecule has 2 heterocycles. The molecule has 3 heteroatoms. The molecule has 0 spiro atoms. The van der Waals surface area contributed by atoms with Crippen LogP contribution in [-0.2, 0) is 0 Å². The molecule has 0 saturated carbocycles. The number of nitrogens with zero attached hydrogens (tertiary/aromatic N) is 3. The van der Waals surface area contributed by atoms with Crippen LogP contribution in [0.2, 0.25) is 0 Å². The molecule has 0 atom stereocenters. The highest BCUT2D eigenvalue weighted by molar-refractivity contribution is 6.19. The van der Waals surface area contributed by atoms with Gasteiger partial charge in [-0.1, -0.05) is 146 Å². The second-order valence-electron chi connectivity index (χ2n) is 11.4. The SMILES string of the molecule is c1ccc(-c2cc(-n3c4ccccc4c4cccc(-c5cc6ccccc6c6ccccc56)c43)nc(-c3ccccc3)n2)cc1. The standard InChI is InChI=1S/C42H27N3/c1-3-14-28(15-4-1)38-27-40(44-42(43-38)29-16-5-2-6-17-29)45-39-25-12-11-22-34(39)35-23-13-24-36(41(35)45)37-26-30-18-7-8-19-31(30)32-20-9-10-21-33(32)37/h1-27H. The molecule has 0 unspecified atom stereocenters. The average molecular weight is 574 g/mol. The summed E-state index contributed by atoms with van der Waals surface area (Å²) in [5.74, 6) is 1.54. The Morgan fingerprint density at radius 1 is 0.400 bits per heavy atom. The van der Waals surface area contributed by atoms with Crippen LogP contribution in [0.15, 0.2) is 164 Å². The summed E-state index contributed by atoms with van der Waals surface area (Å²) in [7, 11) is 0. The first-order valence-electron chi connectivity index (χ1n) is 15.3. The molecule has 0 aliphatic heterocycles. The van der Waals surface area contributed by atoms with Crippen LogP contribution >= 0.6 is 0 Å². The molecule has 0 bridgehead atoms. The molecule has 3 nitrogen and oxygen atoms in total. The predicted molar refractivity (Wildman–Crippen MR) is 188 cm³/mol. The topological polar surface area (TPSA) is 30.7 Å². The lowest BCUT2D eigenvalue weighted by Crippen LogP contribution is -2.03. The van der Waals surface area contributed by atoms with Gasteiger partial charge in [-0.3, -0.25) is 4.57 Å². The van der Waals surface area contributed by atoms with Crippen molar-refractivity contribution in [2.75, 3.05) is 0 Å². The fraction of sp³-hybridized carbons (Fsp3) is 0. The molecule has 0 N–H and O–H groups in total. The van der Waals surface area contributed by atoms with Gasteiger partial charge in [0, 0.05) is 33.5 Å². The Balaban J connectivity index is 1.42. The molecule has 9 aromatic rings. The molecule has 2 aromatic heterocycles. The van der Waals surface area contributed by atoms with Crippen molar-refractivity contribution in [2.24, 2.45) is 0 Å². The monoisotopic (exact) mass is 573 g/mol. The summed E-state index contributed by atoms with van der Waals surface area (Å²) >= 11 is 0. The van der Waals surface area contributed by atoms with Crippen molar-refractivity contribution in [3.05, 3.63) is 164 Å². The van der Waals surface area contributed by atoms with Gasteiger partial charge in [-0.2, -0.15) is 0 Å². The van der Waals surface area contributed by atoms with Crippen molar-refractivity contribution >= 4 is 43.4 Å². The van der Waals surface area contributed by atoms with Crippen molar-refractivity contribution in [1.82, 2.24) is 14.5 Å². The maximum atomic E-state index is 5.27. The quantitative estimate of drug-likeness (QED) is 0.196. The fourth-order valence-corrected chi connectivity index (χ4v) is 6.77. The smallest absolute Gasteiger partial charge is 0.162 e. The molecule has 0 radical (unpaired) electrons. The number of hydrogen-bond donors (Lipinski definition) is 0. The Morgan fingerprint density at radius 2 is 1.02 bits per heavy atom. The Bertz CT molecular complexity index is 2470. The lowest BCUT2D eigenvalue weighted by molar-refractivity contribution is 1.05. The minimum atomic E-state index is 0.700. The van der Waals surface area contributed by atoms with E-state index in [0.717, 1.165) is 33.7 Å². The molecule has 0 aliphatic carbocycles. The summed E-state index contributed by atoms with van der Waals surface area (Å²) in [5.41, 5.74) is 7.56. The average Bonchev–Trinajstić information content (AvgIpc) is 3.47. The van der Waals surface area contributed by atoms with Gasteiger partial charge in [0.15, 0.2) is 5.82 Å². The van der Waals surface area contributed by atoms with E-state index in [1.54, 1.807) is 0 Å². The van der Waals surface area contributed by atoms with Gasteiger partial charge in [0.05, 0.1) is 16.7 Å². The van der Waals surface area contributed by atoms with Crippen molar-refractivity contribution < 1.29 is 0 Å². The van der Waals surface area contributed by atoms with E-state index in [9.17, 15) is 0 Å². The second kappa shape index (κ2) is 10.3. The molecular formula is C42H27N3. The molecule has 0 fully saturated rings. The highest BCUT2D eigenvalue weighted by atomic mass is 15.1. The van der Waals surface area contributed by atoms with Crippen LogP contribution in [0.1, 0.15) is 0 Å². The summed E-state index contributed by atoms with van der Waals surface area (Å²) in [5, 5.41) is 7.37. The van der Waals surface area contributed by atoms with Gasteiger partial charge in [-0.25, -0.2) is 9.97 Å². The number of aromatic nitrogens is 3. The molecule has 0 amide bonds. The summed E-state index contributed by atoms with van der Waals surface area (Å²) in [4.78, 5) is 10.3. The Morgan fingerprint density at radius 3 is 1.82 bits per heavy atom. The van der Waals surface area contributed by atoms with Gasteiger partial charge in [-0.05, 0) is 39.2 Å². The highest BCUT2D eigenvalue weighted by Crippen LogP contribution is 2.42. The molecule has 0 aliphatic rings. The zero-order valence-corrected chi connectivity index (χ0v) is 24.4. The first kappa shape index (κ1) is 25.4. The van der Waals surface area contributed by atoms with E-state index in [-0.39, 0.29) is 0 Å². The summed E-state index contributed by atoms with van der Waals surface area (Å²) in [6.07, 6.45) is 0.